The highest BCUT2D eigenvalue weighted by Gasteiger charge is 2.26. The lowest BCUT2D eigenvalue weighted by Gasteiger charge is -2.29. The third-order valence-corrected chi connectivity index (χ3v) is 4.56. The lowest BCUT2D eigenvalue weighted by Crippen LogP contribution is -2.48. The number of carbonyl (C=O) groups is 2. The maximum atomic E-state index is 13.2. The van der Waals surface area contributed by atoms with E-state index in [4.69, 9.17) is 0 Å². The standard InChI is InChI=1S/C23H29FN2O2/c1-16(2)14-25-23(28)18(4)26(15-19-8-10-21(24)11-9-19)22(27)13-20-7-5-6-17(3)12-20/h5-12,16,18H,13-15H2,1-4H3,(H,25,28). The first-order chi connectivity index (χ1) is 13.3. The quantitative estimate of drug-likeness (QED) is 0.751. The summed E-state index contributed by atoms with van der Waals surface area (Å²) in [5.41, 5.74) is 2.77. The number of hydrogen-bond donors (Lipinski definition) is 1. The first kappa shape index (κ1) is 21.6. The molecular weight excluding hydrogens is 355 g/mol. The highest BCUT2D eigenvalue weighted by Crippen LogP contribution is 2.14. The van der Waals surface area contributed by atoms with Crippen molar-refractivity contribution in [2.45, 2.75) is 46.7 Å². The molecule has 0 fully saturated rings. The summed E-state index contributed by atoms with van der Waals surface area (Å²) >= 11 is 0. The molecule has 1 atom stereocenters. The Bertz CT molecular complexity index is 803. The predicted octanol–water partition coefficient (Wildman–Crippen LogP) is 3.87. The van der Waals surface area contributed by atoms with Gasteiger partial charge in [0.05, 0.1) is 6.42 Å². The molecule has 5 heteroatoms. The Balaban J connectivity index is 2.19. The molecule has 150 valence electrons. The molecule has 1 N–H and O–H groups in total. The maximum Gasteiger partial charge on any atom is 0.242 e. The summed E-state index contributed by atoms with van der Waals surface area (Å²) < 4.78 is 13.2. The minimum absolute atomic E-state index is 0.137. The van der Waals surface area contributed by atoms with Crippen LogP contribution in [0.3, 0.4) is 0 Å². The summed E-state index contributed by atoms with van der Waals surface area (Å²) in [6.45, 7) is 8.55. The minimum Gasteiger partial charge on any atom is -0.354 e. The fourth-order valence-corrected chi connectivity index (χ4v) is 2.92. The molecule has 0 aliphatic carbocycles. The van der Waals surface area contributed by atoms with Gasteiger partial charge >= 0.3 is 0 Å². The number of nitrogens with one attached hydrogen (secondary N) is 1. The van der Waals surface area contributed by atoms with E-state index in [1.54, 1.807) is 24.0 Å². The zero-order chi connectivity index (χ0) is 20.7. The van der Waals surface area contributed by atoms with Crippen LogP contribution in [-0.2, 0) is 22.6 Å². The second kappa shape index (κ2) is 10.0. The zero-order valence-electron chi connectivity index (χ0n) is 17.0. The number of hydrogen-bond acceptors (Lipinski definition) is 2. The molecule has 1 unspecified atom stereocenters. The van der Waals surface area contributed by atoms with Gasteiger partial charge in [0.25, 0.3) is 0 Å². The number of aryl methyl sites for hydroxylation is 1. The van der Waals surface area contributed by atoms with Gasteiger partial charge in [0.15, 0.2) is 0 Å². The highest BCUT2D eigenvalue weighted by atomic mass is 19.1. The van der Waals surface area contributed by atoms with Crippen LogP contribution in [0.2, 0.25) is 0 Å². The smallest absolute Gasteiger partial charge is 0.242 e. The molecule has 0 aliphatic heterocycles. The van der Waals surface area contributed by atoms with Crippen molar-refractivity contribution in [1.82, 2.24) is 10.2 Å². The topological polar surface area (TPSA) is 49.4 Å². The molecule has 2 amide bonds. The first-order valence-electron chi connectivity index (χ1n) is 9.63. The van der Waals surface area contributed by atoms with E-state index >= 15 is 0 Å². The maximum absolute atomic E-state index is 13.2. The van der Waals surface area contributed by atoms with Crippen molar-refractivity contribution in [1.29, 1.82) is 0 Å². The van der Waals surface area contributed by atoms with Crippen molar-refractivity contribution in [3.8, 4) is 0 Å². The summed E-state index contributed by atoms with van der Waals surface area (Å²) in [6.07, 6.45) is 0.213. The predicted molar refractivity (Wildman–Crippen MR) is 109 cm³/mol. The summed E-state index contributed by atoms with van der Waals surface area (Å²) in [5, 5.41) is 2.89. The van der Waals surface area contributed by atoms with Crippen LogP contribution in [0.4, 0.5) is 4.39 Å². The molecule has 0 heterocycles. The molecule has 28 heavy (non-hydrogen) atoms. The van der Waals surface area contributed by atoms with E-state index in [1.807, 2.05) is 45.0 Å². The Hall–Kier alpha value is -2.69. The lowest BCUT2D eigenvalue weighted by atomic mass is 10.1. The van der Waals surface area contributed by atoms with Crippen molar-refractivity contribution in [3.05, 3.63) is 71.0 Å². The monoisotopic (exact) mass is 384 g/mol. The molecular formula is C23H29FN2O2. The van der Waals surface area contributed by atoms with Gasteiger partial charge in [0.2, 0.25) is 11.8 Å². The minimum atomic E-state index is -0.624. The van der Waals surface area contributed by atoms with Gasteiger partial charge in [-0.2, -0.15) is 0 Å². The Kier molecular flexibility index (Phi) is 7.73. The van der Waals surface area contributed by atoms with Gasteiger partial charge in [-0.3, -0.25) is 9.59 Å². The van der Waals surface area contributed by atoms with Crippen molar-refractivity contribution >= 4 is 11.8 Å². The van der Waals surface area contributed by atoms with Crippen LogP contribution in [0.15, 0.2) is 48.5 Å². The number of halogens is 1. The van der Waals surface area contributed by atoms with Crippen LogP contribution in [0.5, 0.6) is 0 Å². The number of benzene rings is 2. The van der Waals surface area contributed by atoms with Crippen LogP contribution in [0.25, 0.3) is 0 Å². The fraction of sp³-hybridized carbons (Fsp3) is 0.391. The van der Waals surface area contributed by atoms with Gasteiger partial charge < -0.3 is 10.2 Å². The van der Waals surface area contributed by atoms with E-state index in [0.717, 1.165) is 16.7 Å². The van der Waals surface area contributed by atoms with Crippen molar-refractivity contribution in [2.75, 3.05) is 6.54 Å². The third-order valence-electron chi connectivity index (χ3n) is 4.56. The zero-order valence-corrected chi connectivity index (χ0v) is 17.0. The molecule has 2 aromatic rings. The molecule has 0 saturated heterocycles. The second-order valence-electron chi connectivity index (χ2n) is 7.63. The van der Waals surface area contributed by atoms with Crippen molar-refractivity contribution in [2.24, 2.45) is 5.92 Å². The number of nitrogens with zero attached hydrogens (tertiary/aromatic N) is 1. The van der Waals surface area contributed by atoms with Crippen LogP contribution in [0.1, 0.15) is 37.5 Å². The third kappa shape index (κ3) is 6.48. The summed E-state index contributed by atoms with van der Waals surface area (Å²) in [5.74, 6) is -0.329. The van der Waals surface area contributed by atoms with Gasteiger partial charge in [-0.1, -0.05) is 55.8 Å². The normalized spacial score (nSPS) is 11.9. The van der Waals surface area contributed by atoms with Gasteiger partial charge in [0.1, 0.15) is 11.9 Å². The second-order valence-corrected chi connectivity index (χ2v) is 7.63. The van der Waals surface area contributed by atoms with Gasteiger partial charge in [0, 0.05) is 13.1 Å². The molecule has 2 aromatic carbocycles. The van der Waals surface area contributed by atoms with Crippen molar-refractivity contribution < 1.29 is 14.0 Å². The Labute approximate surface area is 166 Å². The average molecular weight is 384 g/mol. The SMILES string of the molecule is Cc1cccc(CC(=O)N(Cc2ccc(F)cc2)C(C)C(=O)NCC(C)C)c1. The van der Waals surface area contributed by atoms with Gasteiger partial charge in [-0.15, -0.1) is 0 Å². The molecule has 0 saturated carbocycles. The van der Waals surface area contributed by atoms with E-state index in [0.29, 0.717) is 12.5 Å². The first-order valence-corrected chi connectivity index (χ1v) is 9.63. The molecule has 0 bridgehead atoms. The summed E-state index contributed by atoms with van der Waals surface area (Å²) in [7, 11) is 0. The fourth-order valence-electron chi connectivity index (χ4n) is 2.92. The largest absolute Gasteiger partial charge is 0.354 e. The Morgan fingerprint density at radius 2 is 1.71 bits per heavy atom. The lowest BCUT2D eigenvalue weighted by molar-refractivity contribution is -0.140. The number of amides is 2. The summed E-state index contributed by atoms with van der Waals surface area (Å²) in [6, 6.07) is 13.2. The van der Waals surface area contributed by atoms with Crippen LogP contribution < -0.4 is 5.32 Å². The van der Waals surface area contributed by atoms with Crippen LogP contribution >= 0.6 is 0 Å². The van der Waals surface area contributed by atoms with E-state index in [2.05, 4.69) is 5.32 Å². The van der Waals surface area contributed by atoms with Crippen LogP contribution in [0, 0.1) is 18.7 Å². The van der Waals surface area contributed by atoms with E-state index < -0.39 is 6.04 Å². The molecule has 0 spiro atoms. The molecule has 0 aliphatic rings. The number of carbonyl (C=O) groups excluding carboxylic acids is 2. The van der Waals surface area contributed by atoms with Gasteiger partial charge in [-0.25, -0.2) is 4.39 Å². The Morgan fingerprint density at radius 1 is 1.04 bits per heavy atom. The number of rotatable bonds is 8. The highest BCUT2D eigenvalue weighted by molar-refractivity contribution is 5.88. The van der Waals surface area contributed by atoms with Gasteiger partial charge in [-0.05, 0) is 43.0 Å². The van der Waals surface area contributed by atoms with E-state index in [1.165, 1.54) is 12.1 Å². The molecule has 4 nitrogen and oxygen atoms in total. The Morgan fingerprint density at radius 3 is 2.32 bits per heavy atom. The molecule has 0 aromatic heterocycles. The molecule has 2 rings (SSSR count). The average Bonchev–Trinajstić information content (AvgIpc) is 2.65. The molecule has 0 radical (unpaired) electrons. The summed E-state index contributed by atoms with van der Waals surface area (Å²) in [4.78, 5) is 27.2. The van der Waals surface area contributed by atoms with E-state index in [9.17, 15) is 14.0 Å². The van der Waals surface area contributed by atoms with E-state index in [-0.39, 0.29) is 30.6 Å². The van der Waals surface area contributed by atoms with Crippen molar-refractivity contribution in [3.63, 3.8) is 0 Å². The van der Waals surface area contributed by atoms with Crippen LogP contribution in [-0.4, -0.2) is 29.3 Å².